The third-order valence-electron chi connectivity index (χ3n) is 4.04. The summed E-state index contributed by atoms with van der Waals surface area (Å²) in [6.07, 6.45) is 1.87. The first kappa shape index (κ1) is 15.7. The van der Waals surface area contributed by atoms with Crippen molar-refractivity contribution in [3.63, 3.8) is 0 Å². The number of amides is 1. The summed E-state index contributed by atoms with van der Waals surface area (Å²) in [5, 5.41) is 2.83. The Morgan fingerprint density at radius 1 is 1.16 bits per heavy atom. The van der Waals surface area contributed by atoms with Crippen molar-refractivity contribution in [2.75, 3.05) is 5.32 Å². The van der Waals surface area contributed by atoms with Crippen LogP contribution >= 0.6 is 11.7 Å². The number of nitrogens with zero attached hydrogens (tertiary/aromatic N) is 2. The summed E-state index contributed by atoms with van der Waals surface area (Å²) in [4.78, 5) is 24.1. The van der Waals surface area contributed by atoms with Gasteiger partial charge in [-0.25, -0.2) is 4.79 Å². The molecule has 7 heteroatoms. The summed E-state index contributed by atoms with van der Waals surface area (Å²) in [6.45, 7) is 0.125. The summed E-state index contributed by atoms with van der Waals surface area (Å²) < 4.78 is 13.8. The van der Waals surface area contributed by atoms with Crippen LogP contribution in [-0.4, -0.2) is 20.6 Å². The van der Waals surface area contributed by atoms with Gasteiger partial charge >= 0.3 is 5.97 Å². The molecule has 6 nitrogen and oxygen atoms in total. The second kappa shape index (κ2) is 6.60. The van der Waals surface area contributed by atoms with Crippen LogP contribution in [0.3, 0.4) is 0 Å². The van der Waals surface area contributed by atoms with Crippen molar-refractivity contribution in [2.24, 2.45) is 5.92 Å². The first-order valence-electron chi connectivity index (χ1n) is 7.99. The van der Waals surface area contributed by atoms with Crippen LogP contribution < -0.4 is 5.32 Å². The summed E-state index contributed by atoms with van der Waals surface area (Å²) >= 11 is 1.13. The number of rotatable bonds is 5. The third kappa shape index (κ3) is 3.51. The molecule has 126 valence electrons. The molecule has 25 heavy (non-hydrogen) atoms. The number of fused-ring (bicyclic) bond motifs is 1. The van der Waals surface area contributed by atoms with E-state index in [1.54, 1.807) is 24.3 Å². The zero-order valence-corrected chi connectivity index (χ0v) is 14.1. The van der Waals surface area contributed by atoms with Gasteiger partial charge in [0.1, 0.15) is 17.6 Å². The summed E-state index contributed by atoms with van der Waals surface area (Å²) in [5.74, 6) is -0.321. The van der Waals surface area contributed by atoms with E-state index in [1.807, 2.05) is 18.2 Å². The number of anilines is 1. The Labute approximate surface area is 148 Å². The molecule has 0 radical (unpaired) electrons. The molecule has 1 heterocycles. The highest BCUT2D eigenvalue weighted by molar-refractivity contribution is 7.00. The topological polar surface area (TPSA) is 81.2 Å². The molecule has 0 unspecified atom stereocenters. The van der Waals surface area contributed by atoms with E-state index in [2.05, 4.69) is 14.1 Å². The molecule has 2 aromatic carbocycles. The smallest absolute Gasteiger partial charge is 0.338 e. The Morgan fingerprint density at radius 2 is 2.00 bits per heavy atom. The summed E-state index contributed by atoms with van der Waals surface area (Å²) in [7, 11) is 0. The molecule has 4 rings (SSSR count). The Morgan fingerprint density at radius 3 is 2.84 bits per heavy atom. The minimum Gasteiger partial charge on any atom is -0.457 e. The monoisotopic (exact) mass is 353 g/mol. The second-order valence-corrected chi connectivity index (χ2v) is 6.50. The number of benzene rings is 2. The molecule has 1 N–H and O–H groups in total. The number of hydrogen-bond acceptors (Lipinski definition) is 6. The maximum absolute atomic E-state index is 12.3. The fraction of sp³-hybridized carbons (Fsp3) is 0.222. The van der Waals surface area contributed by atoms with Crippen LogP contribution in [-0.2, 0) is 16.1 Å². The number of carbonyl (C=O) groups is 2. The van der Waals surface area contributed by atoms with E-state index in [-0.39, 0.29) is 18.4 Å². The van der Waals surface area contributed by atoms with Crippen molar-refractivity contribution < 1.29 is 14.3 Å². The standard InChI is InChI=1S/C18H15N3O3S/c22-17(11-7-8-11)19-14-5-1-3-12(9-14)18(23)24-10-13-4-2-6-15-16(13)21-25-20-15/h1-6,9,11H,7-8,10H2,(H,19,22). The van der Waals surface area contributed by atoms with E-state index in [1.165, 1.54) is 0 Å². The van der Waals surface area contributed by atoms with E-state index in [0.29, 0.717) is 11.3 Å². The zero-order chi connectivity index (χ0) is 17.2. The van der Waals surface area contributed by atoms with Crippen LogP contribution in [0.2, 0.25) is 0 Å². The van der Waals surface area contributed by atoms with Crippen LogP contribution in [0.5, 0.6) is 0 Å². The van der Waals surface area contributed by atoms with Gasteiger partial charge in [-0.3, -0.25) is 4.79 Å². The highest BCUT2D eigenvalue weighted by atomic mass is 32.1. The second-order valence-electron chi connectivity index (χ2n) is 5.97. The quantitative estimate of drug-likeness (QED) is 0.711. The van der Waals surface area contributed by atoms with E-state index in [4.69, 9.17) is 4.74 Å². The number of hydrogen-bond donors (Lipinski definition) is 1. The van der Waals surface area contributed by atoms with Gasteiger partial charge in [-0.05, 0) is 37.1 Å². The highest BCUT2D eigenvalue weighted by Gasteiger charge is 2.29. The fourth-order valence-corrected chi connectivity index (χ4v) is 3.09. The molecule has 0 bridgehead atoms. The van der Waals surface area contributed by atoms with E-state index >= 15 is 0 Å². The van der Waals surface area contributed by atoms with Gasteiger partial charge in [0.05, 0.1) is 17.3 Å². The number of nitrogens with one attached hydrogen (secondary N) is 1. The largest absolute Gasteiger partial charge is 0.457 e. The van der Waals surface area contributed by atoms with Crippen molar-refractivity contribution in [3.05, 3.63) is 53.6 Å². The maximum Gasteiger partial charge on any atom is 0.338 e. The van der Waals surface area contributed by atoms with Gasteiger partial charge in [0.15, 0.2) is 0 Å². The predicted octanol–water partition coefficient (Wildman–Crippen LogP) is 3.40. The van der Waals surface area contributed by atoms with Crippen molar-refractivity contribution >= 4 is 40.3 Å². The molecule has 1 fully saturated rings. The average Bonchev–Trinajstić information content (AvgIpc) is 3.37. The Balaban J connectivity index is 1.44. The highest BCUT2D eigenvalue weighted by Crippen LogP contribution is 2.30. The van der Waals surface area contributed by atoms with Gasteiger partial charge in [0.25, 0.3) is 0 Å². The lowest BCUT2D eigenvalue weighted by Gasteiger charge is -2.08. The molecule has 0 saturated heterocycles. The van der Waals surface area contributed by atoms with Crippen LogP contribution in [0.15, 0.2) is 42.5 Å². The molecular formula is C18H15N3O3S. The molecule has 1 aliphatic rings. The average molecular weight is 353 g/mol. The van der Waals surface area contributed by atoms with Crippen molar-refractivity contribution in [1.29, 1.82) is 0 Å². The van der Waals surface area contributed by atoms with Crippen molar-refractivity contribution in [2.45, 2.75) is 19.4 Å². The Hall–Kier alpha value is -2.80. The van der Waals surface area contributed by atoms with Crippen molar-refractivity contribution in [3.8, 4) is 0 Å². The predicted molar refractivity (Wildman–Crippen MR) is 94.3 cm³/mol. The van der Waals surface area contributed by atoms with Crippen LogP contribution in [0.4, 0.5) is 5.69 Å². The normalized spacial score (nSPS) is 13.6. The van der Waals surface area contributed by atoms with Gasteiger partial charge in [0.2, 0.25) is 5.91 Å². The fourth-order valence-electron chi connectivity index (χ4n) is 2.52. The van der Waals surface area contributed by atoms with Crippen LogP contribution in [0.1, 0.15) is 28.8 Å². The van der Waals surface area contributed by atoms with Gasteiger partial charge < -0.3 is 10.1 Å². The molecule has 0 spiro atoms. The number of esters is 1. The Kier molecular flexibility index (Phi) is 4.15. The number of aromatic nitrogens is 2. The summed E-state index contributed by atoms with van der Waals surface area (Å²) in [5.41, 5.74) is 3.38. The van der Waals surface area contributed by atoms with E-state index in [9.17, 15) is 9.59 Å². The molecule has 1 saturated carbocycles. The van der Waals surface area contributed by atoms with Crippen LogP contribution in [0.25, 0.3) is 11.0 Å². The first-order chi connectivity index (χ1) is 12.2. The van der Waals surface area contributed by atoms with Gasteiger partial charge in [-0.1, -0.05) is 18.2 Å². The molecule has 0 atom stereocenters. The molecule has 3 aromatic rings. The van der Waals surface area contributed by atoms with Gasteiger partial charge in [0, 0.05) is 17.2 Å². The first-order valence-corrected chi connectivity index (χ1v) is 8.72. The summed E-state index contributed by atoms with van der Waals surface area (Å²) in [6, 6.07) is 12.4. The van der Waals surface area contributed by atoms with Crippen LogP contribution in [0, 0.1) is 5.92 Å². The zero-order valence-electron chi connectivity index (χ0n) is 13.3. The molecule has 0 aliphatic heterocycles. The lowest BCUT2D eigenvalue weighted by atomic mass is 10.2. The van der Waals surface area contributed by atoms with E-state index in [0.717, 1.165) is 41.2 Å². The lowest BCUT2D eigenvalue weighted by Crippen LogP contribution is -2.14. The minimum atomic E-state index is -0.442. The van der Waals surface area contributed by atoms with Gasteiger partial charge in [-0.2, -0.15) is 8.75 Å². The SMILES string of the molecule is O=C(OCc1cccc2nsnc12)c1cccc(NC(=O)C2CC2)c1. The number of ether oxygens (including phenoxy) is 1. The van der Waals surface area contributed by atoms with Crippen molar-refractivity contribution in [1.82, 2.24) is 8.75 Å². The van der Waals surface area contributed by atoms with E-state index < -0.39 is 5.97 Å². The molecule has 1 aliphatic carbocycles. The maximum atomic E-state index is 12.3. The Bertz CT molecular complexity index is 949. The third-order valence-corrected chi connectivity index (χ3v) is 4.58. The molecular weight excluding hydrogens is 338 g/mol. The molecule has 1 aromatic heterocycles. The number of carbonyl (C=O) groups excluding carboxylic acids is 2. The molecule has 1 amide bonds. The lowest BCUT2D eigenvalue weighted by molar-refractivity contribution is -0.117. The minimum absolute atomic E-state index is 0.00762. The van der Waals surface area contributed by atoms with Gasteiger partial charge in [-0.15, -0.1) is 0 Å².